The van der Waals surface area contributed by atoms with E-state index in [0.29, 0.717) is 15.0 Å². The Morgan fingerprint density at radius 2 is 2.33 bits per heavy atom. The van der Waals surface area contributed by atoms with Gasteiger partial charge in [-0.25, -0.2) is 9.37 Å². The normalized spacial score (nSPS) is 10.8. The SMILES string of the molecule is FCc1ccc2nc(I)oc2c1. The van der Waals surface area contributed by atoms with Crippen molar-refractivity contribution >= 4 is 33.7 Å². The fourth-order valence-corrected chi connectivity index (χ4v) is 1.52. The molecule has 0 atom stereocenters. The van der Waals surface area contributed by atoms with Crippen LogP contribution in [-0.2, 0) is 6.67 Å². The molecule has 1 aromatic carbocycles. The lowest BCUT2D eigenvalue weighted by Crippen LogP contribution is -1.76. The van der Waals surface area contributed by atoms with Gasteiger partial charge < -0.3 is 4.42 Å². The van der Waals surface area contributed by atoms with Crippen molar-refractivity contribution < 1.29 is 8.81 Å². The summed E-state index contributed by atoms with van der Waals surface area (Å²) in [6.07, 6.45) is 0. The molecule has 0 fully saturated rings. The molecule has 0 aliphatic rings. The van der Waals surface area contributed by atoms with Crippen LogP contribution in [-0.4, -0.2) is 4.98 Å². The molecule has 0 amide bonds. The fourth-order valence-electron chi connectivity index (χ4n) is 1.02. The first kappa shape index (κ1) is 7.97. The highest BCUT2D eigenvalue weighted by Gasteiger charge is 2.02. The molecule has 0 radical (unpaired) electrons. The van der Waals surface area contributed by atoms with E-state index in [9.17, 15) is 4.39 Å². The number of alkyl halides is 1. The van der Waals surface area contributed by atoms with Crippen LogP contribution in [0, 0.1) is 3.90 Å². The highest BCUT2D eigenvalue weighted by atomic mass is 127. The number of aromatic nitrogens is 1. The Kier molecular flexibility index (Phi) is 2.00. The number of hydrogen-bond donors (Lipinski definition) is 0. The van der Waals surface area contributed by atoms with Gasteiger partial charge in [0.1, 0.15) is 12.2 Å². The number of oxazole rings is 1. The van der Waals surface area contributed by atoms with Crippen molar-refractivity contribution in [1.29, 1.82) is 0 Å². The largest absolute Gasteiger partial charge is 0.432 e. The zero-order valence-electron chi connectivity index (χ0n) is 6.05. The average Bonchev–Trinajstić information content (AvgIpc) is 2.43. The van der Waals surface area contributed by atoms with Crippen molar-refractivity contribution in [3.63, 3.8) is 0 Å². The van der Waals surface area contributed by atoms with Crippen molar-refractivity contribution in [3.8, 4) is 0 Å². The van der Waals surface area contributed by atoms with Crippen molar-refractivity contribution in [2.75, 3.05) is 0 Å². The van der Waals surface area contributed by atoms with Gasteiger partial charge in [0.25, 0.3) is 3.90 Å². The van der Waals surface area contributed by atoms with Gasteiger partial charge in [0, 0.05) is 22.6 Å². The lowest BCUT2D eigenvalue weighted by Gasteiger charge is -1.90. The Morgan fingerprint density at radius 1 is 1.50 bits per heavy atom. The Morgan fingerprint density at radius 3 is 3.08 bits per heavy atom. The van der Waals surface area contributed by atoms with Crippen LogP contribution in [0.2, 0.25) is 0 Å². The third-order valence-corrected chi connectivity index (χ3v) is 2.04. The van der Waals surface area contributed by atoms with E-state index in [4.69, 9.17) is 4.42 Å². The van der Waals surface area contributed by atoms with Gasteiger partial charge in [-0.3, -0.25) is 0 Å². The first-order valence-corrected chi connectivity index (χ1v) is 4.48. The predicted octanol–water partition coefficient (Wildman–Crippen LogP) is 2.90. The van der Waals surface area contributed by atoms with E-state index < -0.39 is 6.67 Å². The maximum atomic E-state index is 12.2. The van der Waals surface area contributed by atoms with Crippen LogP contribution < -0.4 is 0 Å². The first-order chi connectivity index (χ1) is 5.79. The second-order valence-electron chi connectivity index (χ2n) is 2.40. The molecular formula is C8H5FINO. The molecule has 0 saturated heterocycles. The van der Waals surface area contributed by atoms with E-state index in [1.807, 2.05) is 22.6 Å². The van der Waals surface area contributed by atoms with Crippen LogP contribution in [0.25, 0.3) is 11.1 Å². The minimum atomic E-state index is -0.465. The molecule has 62 valence electrons. The molecule has 2 aromatic rings. The Balaban J connectivity index is 2.66. The minimum Gasteiger partial charge on any atom is -0.432 e. The number of fused-ring (bicyclic) bond motifs is 1. The van der Waals surface area contributed by atoms with E-state index in [1.54, 1.807) is 18.2 Å². The third kappa shape index (κ3) is 1.31. The lowest BCUT2D eigenvalue weighted by atomic mass is 10.2. The molecule has 0 N–H and O–H groups in total. The van der Waals surface area contributed by atoms with E-state index in [0.717, 1.165) is 5.52 Å². The number of halogens is 2. The molecule has 2 rings (SSSR count). The van der Waals surface area contributed by atoms with Gasteiger partial charge in [0.15, 0.2) is 5.58 Å². The standard InChI is InChI=1S/C8H5FINO/c9-4-5-1-2-6-7(3-5)12-8(10)11-6/h1-3H,4H2. The van der Waals surface area contributed by atoms with Crippen LogP contribution in [0.5, 0.6) is 0 Å². The molecule has 0 spiro atoms. The van der Waals surface area contributed by atoms with Crippen LogP contribution in [0.3, 0.4) is 0 Å². The zero-order valence-corrected chi connectivity index (χ0v) is 8.21. The molecule has 1 aromatic heterocycles. The van der Waals surface area contributed by atoms with Crippen molar-refractivity contribution in [3.05, 3.63) is 27.7 Å². The molecule has 4 heteroatoms. The average molecular weight is 277 g/mol. The van der Waals surface area contributed by atoms with Crippen LogP contribution in [0.4, 0.5) is 4.39 Å². The number of rotatable bonds is 1. The molecule has 0 unspecified atom stereocenters. The molecule has 0 aliphatic heterocycles. The van der Waals surface area contributed by atoms with E-state index in [2.05, 4.69) is 4.98 Å². The van der Waals surface area contributed by atoms with E-state index >= 15 is 0 Å². The van der Waals surface area contributed by atoms with Gasteiger partial charge in [-0.1, -0.05) is 6.07 Å². The Hall–Kier alpha value is -0.650. The second-order valence-corrected chi connectivity index (χ2v) is 3.33. The zero-order chi connectivity index (χ0) is 8.55. The van der Waals surface area contributed by atoms with Crippen LogP contribution in [0.15, 0.2) is 22.6 Å². The summed E-state index contributed by atoms with van der Waals surface area (Å²) in [5, 5.41) is 0. The summed E-state index contributed by atoms with van der Waals surface area (Å²) in [6.45, 7) is -0.465. The maximum Gasteiger partial charge on any atom is 0.258 e. The molecule has 12 heavy (non-hydrogen) atoms. The van der Waals surface area contributed by atoms with Crippen LogP contribution in [0.1, 0.15) is 5.56 Å². The topological polar surface area (TPSA) is 26.0 Å². The van der Waals surface area contributed by atoms with Crippen LogP contribution >= 0.6 is 22.6 Å². The number of nitrogens with zero attached hydrogens (tertiary/aromatic N) is 1. The van der Waals surface area contributed by atoms with Gasteiger partial charge in [-0.15, -0.1) is 0 Å². The fraction of sp³-hybridized carbons (Fsp3) is 0.125. The summed E-state index contributed by atoms with van der Waals surface area (Å²) in [6, 6.07) is 5.14. The summed E-state index contributed by atoms with van der Waals surface area (Å²) in [5.41, 5.74) is 2.04. The van der Waals surface area contributed by atoms with E-state index in [-0.39, 0.29) is 0 Å². The molecule has 2 nitrogen and oxygen atoms in total. The first-order valence-electron chi connectivity index (χ1n) is 3.40. The molecule has 1 heterocycles. The predicted molar refractivity (Wildman–Crippen MR) is 51.5 cm³/mol. The second kappa shape index (κ2) is 3.01. The summed E-state index contributed by atoms with van der Waals surface area (Å²) < 4.78 is 18.0. The molecule has 0 aliphatic carbocycles. The molecule has 0 saturated carbocycles. The summed E-state index contributed by atoms with van der Waals surface area (Å²) in [7, 11) is 0. The van der Waals surface area contributed by atoms with Gasteiger partial charge >= 0.3 is 0 Å². The van der Waals surface area contributed by atoms with Gasteiger partial charge in [0.2, 0.25) is 0 Å². The van der Waals surface area contributed by atoms with Crippen molar-refractivity contribution in [2.24, 2.45) is 0 Å². The minimum absolute atomic E-state index is 0.465. The summed E-state index contributed by atoms with van der Waals surface area (Å²) in [4.78, 5) is 4.09. The molecule has 0 bridgehead atoms. The third-order valence-electron chi connectivity index (χ3n) is 1.58. The van der Waals surface area contributed by atoms with Gasteiger partial charge in [-0.05, 0) is 17.7 Å². The van der Waals surface area contributed by atoms with Crippen molar-refractivity contribution in [1.82, 2.24) is 4.98 Å². The van der Waals surface area contributed by atoms with E-state index in [1.165, 1.54) is 0 Å². The Labute approximate surface area is 81.9 Å². The highest BCUT2D eigenvalue weighted by Crippen LogP contribution is 2.18. The number of hydrogen-bond acceptors (Lipinski definition) is 2. The monoisotopic (exact) mass is 277 g/mol. The number of benzene rings is 1. The smallest absolute Gasteiger partial charge is 0.258 e. The van der Waals surface area contributed by atoms with Crippen molar-refractivity contribution in [2.45, 2.75) is 6.67 Å². The highest BCUT2D eigenvalue weighted by molar-refractivity contribution is 14.1. The summed E-state index contributed by atoms with van der Waals surface area (Å²) in [5.74, 6) is 0. The van der Waals surface area contributed by atoms with Gasteiger partial charge in [0.05, 0.1) is 0 Å². The quantitative estimate of drug-likeness (QED) is 0.749. The lowest BCUT2D eigenvalue weighted by molar-refractivity contribution is 0.484. The van der Waals surface area contributed by atoms with Gasteiger partial charge in [-0.2, -0.15) is 0 Å². The maximum absolute atomic E-state index is 12.2. The summed E-state index contributed by atoms with van der Waals surface area (Å²) >= 11 is 1.99. The Bertz CT molecular complexity index is 412. The molecular weight excluding hydrogens is 272 g/mol.